The zero-order valence-corrected chi connectivity index (χ0v) is 12.8. The minimum atomic E-state index is -0.249. The molecule has 21 heavy (non-hydrogen) atoms. The minimum Gasteiger partial charge on any atom is -0.397 e. The van der Waals surface area contributed by atoms with Crippen molar-refractivity contribution in [3.8, 4) is 0 Å². The van der Waals surface area contributed by atoms with E-state index >= 15 is 0 Å². The minimum absolute atomic E-state index is 0.249. The molecule has 2 aromatic heterocycles. The van der Waals surface area contributed by atoms with E-state index in [1.165, 1.54) is 11.3 Å². The number of nitrogens with one attached hydrogen (secondary N) is 1. The summed E-state index contributed by atoms with van der Waals surface area (Å²) < 4.78 is 0.896. The first-order valence-electron chi connectivity index (χ1n) is 6.26. The van der Waals surface area contributed by atoms with E-state index in [4.69, 9.17) is 17.3 Å². The lowest BCUT2D eigenvalue weighted by atomic mass is 10.2. The van der Waals surface area contributed by atoms with Gasteiger partial charge in [-0.1, -0.05) is 17.7 Å². The van der Waals surface area contributed by atoms with Gasteiger partial charge in [-0.3, -0.25) is 9.78 Å². The predicted octanol–water partition coefficient (Wildman–Crippen LogP) is 4.09. The summed E-state index contributed by atoms with van der Waals surface area (Å²) in [5, 5.41) is 4.12. The number of hydrogen-bond acceptors (Lipinski definition) is 4. The van der Waals surface area contributed by atoms with Crippen molar-refractivity contribution in [3.63, 3.8) is 0 Å². The van der Waals surface area contributed by atoms with Crippen molar-refractivity contribution in [2.24, 2.45) is 0 Å². The number of carbonyl (C=O) groups excluding carboxylic acids is 1. The molecule has 0 atom stereocenters. The molecule has 1 aromatic carbocycles. The Bertz CT molecular complexity index is 844. The molecule has 0 aliphatic heterocycles. The summed E-state index contributed by atoms with van der Waals surface area (Å²) in [4.78, 5) is 16.9. The van der Waals surface area contributed by atoms with E-state index in [0.717, 1.165) is 15.6 Å². The van der Waals surface area contributed by atoms with Gasteiger partial charge in [-0.2, -0.15) is 0 Å². The third-order valence-corrected chi connectivity index (χ3v) is 4.68. The number of rotatable bonds is 2. The van der Waals surface area contributed by atoms with Gasteiger partial charge in [-0.05, 0) is 30.7 Å². The van der Waals surface area contributed by atoms with E-state index in [1.807, 2.05) is 25.1 Å². The first-order valence-corrected chi connectivity index (χ1v) is 7.46. The fraction of sp³-hybridized carbons (Fsp3) is 0.0667. The fourth-order valence-electron chi connectivity index (χ4n) is 2.07. The summed E-state index contributed by atoms with van der Waals surface area (Å²) in [6.45, 7) is 1.91. The smallest absolute Gasteiger partial charge is 0.267 e. The fourth-order valence-corrected chi connectivity index (χ4v) is 3.45. The van der Waals surface area contributed by atoms with Crippen LogP contribution in [0.15, 0.2) is 36.7 Å². The number of hydrogen-bond donors (Lipinski definition) is 2. The van der Waals surface area contributed by atoms with Gasteiger partial charge in [0.25, 0.3) is 5.91 Å². The number of anilines is 2. The van der Waals surface area contributed by atoms with Gasteiger partial charge in [0.05, 0.1) is 22.6 Å². The van der Waals surface area contributed by atoms with E-state index in [1.54, 1.807) is 18.5 Å². The van der Waals surface area contributed by atoms with Crippen LogP contribution in [0.5, 0.6) is 0 Å². The highest BCUT2D eigenvalue weighted by Crippen LogP contribution is 2.38. The number of carbonyl (C=O) groups is 1. The number of aromatic nitrogens is 1. The zero-order valence-electron chi connectivity index (χ0n) is 11.2. The average Bonchev–Trinajstić information content (AvgIpc) is 2.80. The van der Waals surface area contributed by atoms with Crippen LogP contribution in [-0.4, -0.2) is 10.9 Å². The molecule has 1 amide bonds. The molecule has 0 radical (unpaired) electrons. The molecule has 0 bridgehead atoms. The number of nitrogen functional groups attached to an aromatic ring is 1. The maximum absolute atomic E-state index is 12.4. The average molecular weight is 318 g/mol. The third kappa shape index (κ3) is 2.46. The standard InChI is InChI=1S/C15H12ClN3OS/c1-8-5-6-18-7-10(8)19-15(20)14-13(17)12-9(16)3-2-4-11(12)21-14/h2-7H,17H2,1H3,(H,19,20). The van der Waals surface area contributed by atoms with E-state index in [0.29, 0.717) is 21.3 Å². The zero-order chi connectivity index (χ0) is 15.0. The molecular formula is C15H12ClN3OS. The van der Waals surface area contributed by atoms with Gasteiger partial charge in [0.1, 0.15) is 4.88 Å². The second kappa shape index (κ2) is 5.35. The number of pyridine rings is 1. The maximum Gasteiger partial charge on any atom is 0.267 e. The Morgan fingerprint density at radius 1 is 1.38 bits per heavy atom. The van der Waals surface area contributed by atoms with Crippen molar-refractivity contribution in [2.45, 2.75) is 6.92 Å². The molecule has 0 aliphatic carbocycles. The van der Waals surface area contributed by atoms with Crippen LogP contribution in [0.4, 0.5) is 11.4 Å². The Morgan fingerprint density at radius 2 is 2.19 bits per heavy atom. The monoisotopic (exact) mass is 317 g/mol. The molecule has 0 fully saturated rings. The SMILES string of the molecule is Cc1ccncc1NC(=O)c1sc2cccc(Cl)c2c1N. The van der Waals surface area contributed by atoms with Gasteiger partial charge >= 0.3 is 0 Å². The van der Waals surface area contributed by atoms with Gasteiger partial charge in [0, 0.05) is 16.3 Å². The van der Waals surface area contributed by atoms with Gasteiger partial charge in [0.15, 0.2) is 0 Å². The summed E-state index contributed by atoms with van der Waals surface area (Å²) in [6.07, 6.45) is 3.29. The highest BCUT2D eigenvalue weighted by atomic mass is 35.5. The predicted molar refractivity (Wildman–Crippen MR) is 88.2 cm³/mol. The molecular weight excluding hydrogens is 306 g/mol. The molecule has 3 N–H and O–H groups in total. The highest BCUT2D eigenvalue weighted by molar-refractivity contribution is 7.21. The van der Waals surface area contributed by atoms with E-state index in [9.17, 15) is 4.79 Å². The van der Waals surface area contributed by atoms with Gasteiger partial charge in [0.2, 0.25) is 0 Å². The lowest BCUT2D eigenvalue weighted by Gasteiger charge is -2.06. The molecule has 106 valence electrons. The van der Waals surface area contributed by atoms with Crippen molar-refractivity contribution in [3.05, 3.63) is 52.1 Å². The second-order valence-electron chi connectivity index (χ2n) is 4.60. The van der Waals surface area contributed by atoms with Crippen LogP contribution in [0.3, 0.4) is 0 Å². The quantitative estimate of drug-likeness (QED) is 0.748. The lowest BCUT2D eigenvalue weighted by Crippen LogP contribution is -2.13. The number of aryl methyl sites for hydroxylation is 1. The highest BCUT2D eigenvalue weighted by Gasteiger charge is 2.18. The number of halogens is 1. The first kappa shape index (κ1) is 13.9. The molecule has 0 saturated carbocycles. The van der Waals surface area contributed by atoms with Crippen molar-refractivity contribution >= 4 is 50.3 Å². The Balaban J connectivity index is 2.01. The molecule has 6 heteroatoms. The van der Waals surface area contributed by atoms with Crippen molar-refractivity contribution < 1.29 is 4.79 Å². The molecule has 3 rings (SSSR count). The number of amides is 1. The second-order valence-corrected chi connectivity index (χ2v) is 6.06. The Labute approximate surface area is 130 Å². The Kier molecular flexibility index (Phi) is 3.53. The van der Waals surface area contributed by atoms with E-state index < -0.39 is 0 Å². The van der Waals surface area contributed by atoms with Crippen LogP contribution < -0.4 is 11.1 Å². The number of thiophene rings is 1. The van der Waals surface area contributed by atoms with Crippen LogP contribution in [0.25, 0.3) is 10.1 Å². The number of fused-ring (bicyclic) bond motifs is 1. The van der Waals surface area contributed by atoms with Crippen molar-refractivity contribution in [2.75, 3.05) is 11.1 Å². The summed E-state index contributed by atoms with van der Waals surface area (Å²) in [5.74, 6) is -0.249. The molecule has 0 aliphatic rings. The van der Waals surface area contributed by atoms with Crippen LogP contribution in [0.2, 0.25) is 5.02 Å². The summed E-state index contributed by atoms with van der Waals surface area (Å²) >= 11 is 7.48. The third-order valence-electron chi connectivity index (χ3n) is 3.19. The summed E-state index contributed by atoms with van der Waals surface area (Å²) in [5.41, 5.74) is 8.11. The van der Waals surface area contributed by atoms with Crippen molar-refractivity contribution in [1.29, 1.82) is 0 Å². The topological polar surface area (TPSA) is 68.0 Å². The molecule has 0 unspecified atom stereocenters. The number of nitrogens with two attached hydrogens (primary N) is 1. The van der Waals surface area contributed by atoms with E-state index in [-0.39, 0.29) is 5.91 Å². The van der Waals surface area contributed by atoms with Crippen LogP contribution in [-0.2, 0) is 0 Å². The van der Waals surface area contributed by atoms with Gasteiger partial charge in [-0.25, -0.2) is 0 Å². The van der Waals surface area contributed by atoms with Gasteiger partial charge < -0.3 is 11.1 Å². The largest absolute Gasteiger partial charge is 0.397 e. The van der Waals surface area contributed by atoms with E-state index in [2.05, 4.69) is 10.3 Å². The van der Waals surface area contributed by atoms with Crippen molar-refractivity contribution in [1.82, 2.24) is 4.98 Å². The van der Waals surface area contributed by atoms with Gasteiger partial charge in [-0.15, -0.1) is 11.3 Å². The van der Waals surface area contributed by atoms with Crippen LogP contribution in [0, 0.1) is 6.92 Å². The lowest BCUT2D eigenvalue weighted by molar-refractivity contribution is 0.103. The molecule has 2 heterocycles. The van der Waals surface area contributed by atoms with Crippen LogP contribution in [0.1, 0.15) is 15.2 Å². The first-order chi connectivity index (χ1) is 10.1. The molecule has 0 spiro atoms. The Morgan fingerprint density at radius 3 is 2.90 bits per heavy atom. The normalized spacial score (nSPS) is 10.8. The molecule has 3 aromatic rings. The summed E-state index contributed by atoms with van der Waals surface area (Å²) in [7, 11) is 0. The molecule has 4 nitrogen and oxygen atoms in total. The van der Waals surface area contributed by atoms with Crippen LogP contribution >= 0.6 is 22.9 Å². The number of nitrogens with zero attached hydrogens (tertiary/aromatic N) is 1. The molecule has 0 saturated heterocycles. The Hall–Kier alpha value is -2.11. The number of benzene rings is 1. The maximum atomic E-state index is 12.4. The summed E-state index contributed by atoms with van der Waals surface area (Å²) in [6, 6.07) is 7.34.